The smallest absolute Gasteiger partial charge is 0.303 e. The van der Waals surface area contributed by atoms with E-state index >= 15 is 0 Å². The molecule has 0 bridgehead atoms. The molecule has 18 atom stereocenters. The Morgan fingerprint density at radius 1 is 0.413 bits per heavy atom. The number of carbonyl (C=O) groups excluding carboxylic acids is 7. The number of hydrogen-bond acceptors (Lipinski definition) is 25. The lowest BCUT2D eigenvalue weighted by Gasteiger charge is -2.44. The lowest BCUT2D eigenvalue weighted by Crippen LogP contribution is -2.62. The minimum Gasteiger partial charge on any atom is -0.463 e. The Balaban J connectivity index is 1.24. The van der Waals surface area contributed by atoms with Crippen LogP contribution >= 0.6 is 0 Å². The van der Waals surface area contributed by atoms with E-state index in [2.05, 4.69) is 0 Å². The Morgan fingerprint density at radius 3 is 1.24 bits per heavy atom. The van der Waals surface area contributed by atoms with E-state index in [1.54, 1.807) is 6.92 Å². The second kappa shape index (κ2) is 19.5. The third-order valence-electron chi connectivity index (χ3n) is 10.1. The lowest BCUT2D eigenvalue weighted by molar-refractivity contribution is -0.396. The van der Waals surface area contributed by atoms with Crippen molar-refractivity contribution in [3.8, 4) is 0 Å². The summed E-state index contributed by atoms with van der Waals surface area (Å²) in [6, 6.07) is 0. The molecule has 0 saturated carbocycles. The fourth-order valence-electron chi connectivity index (χ4n) is 7.94. The van der Waals surface area contributed by atoms with Crippen molar-refractivity contribution in [1.82, 2.24) is 0 Å². The van der Waals surface area contributed by atoms with Gasteiger partial charge < -0.3 is 75.8 Å². The molecular formula is C38H52O25. The maximum absolute atomic E-state index is 12.7. The molecule has 0 radical (unpaired) electrons. The second-order valence-corrected chi connectivity index (χ2v) is 15.4. The number of ether oxygens (including phenoxy) is 18. The average molecular weight is 909 g/mol. The van der Waals surface area contributed by atoms with Gasteiger partial charge in [-0.2, -0.15) is 0 Å². The molecule has 0 unspecified atom stereocenters. The van der Waals surface area contributed by atoms with Gasteiger partial charge in [-0.15, -0.1) is 0 Å². The van der Waals surface area contributed by atoms with Crippen LogP contribution < -0.4 is 0 Å². The zero-order valence-electron chi connectivity index (χ0n) is 36.1. The number of esters is 7. The zero-order chi connectivity index (χ0) is 46.1. The standard InChI is InChI=1S/C38H52O25/c1-14(39)46-11-22-25(49-16(3)41)28(52-19(6)44)32-35(57-22)62-37(9,60-32)48-13-24-27(51-18(5)43)30(31-34(56-24)55-21(8)54-31)59-38(10)61-33-29(53-20(7)45)26(50-17(4)42)23(12-47-15(2)40)58-36(33)63-38/h21-36H,11-13H2,1-10H3/t21-,22+,23-,24+,25+,26-,27-,28-,29+,30-,31+,32+,33-,34+,35-,36+,37-,38+/m1/s1. The van der Waals surface area contributed by atoms with Crippen LogP contribution in [0.4, 0.5) is 0 Å². The second-order valence-electron chi connectivity index (χ2n) is 15.4. The summed E-state index contributed by atoms with van der Waals surface area (Å²) >= 11 is 0. The fourth-order valence-corrected chi connectivity index (χ4v) is 7.94. The van der Waals surface area contributed by atoms with E-state index in [1.807, 2.05) is 0 Å². The van der Waals surface area contributed by atoms with Crippen LogP contribution in [0.5, 0.6) is 0 Å². The van der Waals surface area contributed by atoms with E-state index in [0.717, 1.165) is 48.5 Å². The summed E-state index contributed by atoms with van der Waals surface area (Å²) in [4.78, 5) is 85.1. The van der Waals surface area contributed by atoms with Crippen LogP contribution in [0.15, 0.2) is 0 Å². The Hall–Kier alpha value is -4.15. The first-order chi connectivity index (χ1) is 29.5. The first-order valence-corrected chi connectivity index (χ1v) is 20.0. The Kier molecular flexibility index (Phi) is 15.0. The van der Waals surface area contributed by atoms with Crippen molar-refractivity contribution in [1.29, 1.82) is 0 Å². The van der Waals surface area contributed by atoms with Crippen molar-refractivity contribution in [3.63, 3.8) is 0 Å². The van der Waals surface area contributed by atoms with E-state index in [9.17, 15) is 33.6 Å². The highest BCUT2D eigenvalue weighted by atomic mass is 17.0. The molecular weight excluding hydrogens is 856 g/mol. The largest absolute Gasteiger partial charge is 0.463 e. The SMILES string of the molecule is CC(=O)OC[C@@H]1O[C@@H]2O[C@](C)(OC[C@@H]3O[C@@H]4O[C@H](C)O[C@H]4[C@H](O[C@]4(C)O[C@@H]5O[C@H](COC(C)=O)[C@@H](OC(C)=O)[C@H](OC(C)=O)[C@H]5O4)[C@@H]3OC(C)=O)O[C@H]2[C@H](OC(C)=O)[C@H]1OC(C)=O. The molecule has 6 heterocycles. The summed E-state index contributed by atoms with van der Waals surface area (Å²) in [5.74, 6) is -9.30. The predicted molar refractivity (Wildman–Crippen MR) is 192 cm³/mol. The van der Waals surface area contributed by atoms with Gasteiger partial charge in [0.15, 0.2) is 67.9 Å². The molecule has 0 N–H and O–H groups in total. The van der Waals surface area contributed by atoms with Gasteiger partial charge in [-0.05, 0) is 6.92 Å². The number of carbonyl (C=O) groups is 7. The minimum atomic E-state index is -2.11. The molecule has 0 aliphatic carbocycles. The molecule has 0 aromatic rings. The van der Waals surface area contributed by atoms with Gasteiger partial charge in [0.2, 0.25) is 0 Å². The Labute approximate surface area is 359 Å². The summed E-state index contributed by atoms with van der Waals surface area (Å²) in [5.41, 5.74) is 0. The highest BCUT2D eigenvalue weighted by Crippen LogP contribution is 2.45. The zero-order valence-corrected chi connectivity index (χ0v) is 36.1. The van der Waals surface area contributed by atoms with Crippen molar-refractivity contribution >= 4 is 41.8 Å². The van der Waals surface area contributed by atoms with Gasteiger partial charge in [0, 0.05) is 62.3 Å². The Bertz CT molecular complexity index is 1740. The van der Waals surface area contributed by atoms with E-state index in [-0.39, 0.29) is 0 Å². The summed E-state index contributed by atoms with van der Waals surface area (Å²) in [7, 11) is 0. The van der Waals surface area contributed by atoms with Gasteiger partial charge in [0.25, 0.3) is 11.9 Å². The van der Waals surface area contributed by atoms with Crippen molar-refractivity contribution < 1.29 is 119 Å². The summed E-state index contributed by atoms with van der Waals surface area (Å²) in [6.45, 7) is 10.9. The van der Waals surface area contributed by atoms with Crippen LogP contribution in [0.3, 0.4) is 0 Å². The molecule has 6 aliphatic heterocycles. The van der Waals surface area contributed by atoms with Crippen LogP contribution in [0.1, 0.15) is 69.2 Å². The molecule has 0 amide bonds. The normalized spacial score (nSPS) is 41.5. The molecule has 0 aromatic heterocycles. The topological polar surface area (TPSA) is 286 Å². The van der Waals surface area contributed by atoms with E-state index in [1.165, 1.54) is 13.8 Å². The lowest BCUT2D eigenvalue weighted by atomic mass is 9.98. The molecule has 25 heteroatoms. The maximum atomic E-state index is 12.7. The monoisotopic (exact) mass is 908 g/mol. The summed E-state index contributed by atoms with van der Waals surface area (Å²) in [5, 5.41) is 0. The number of hydrogen-bond donors (Lipinski definition) is 0. The third-order valence-corrected chi connectivity index (χ3v) is 10.1. The first kappa shape index (κ1) is 48.3. The quantitative estimate of drug-likeness (QED) is 0.154. The molecule has 0 aromatic carbocycles. The van der Waals surface area contributed by atoms with Crippen molar-refractivity contribution in [3.05, 3.63) is 0 Å². The van der Waals surface area contributed by atoms with Gasteiger partial charge >= 0.3 is 41.8 Å². The van der Waals surface area contributed by atoms with Crippen LogP contribution in [0, 0.1) is 0 Å². The van der Waals surface area contributed by atoms with Crippen molar-refractivity contribution in [2.75, 3.05) is 19.8 Å². The summed E-state index contributed by atoms with van der Waals surface area (Å²) < 4.78 is 105. The molecule has 354 valence electrons. The van der Waals surface area contributed by atoms with E-state index in [0.29, 0.717) is 0 Å². The van der Waals surface area contributed by atoms with Crippen LogP contribution in [-0.4, -0.2) is 172 Å². The minimum absolute atomic E-state index is 0.411. The molecule has 6 aliphatic rings. The molecule has 25 nitrogen and oxygen atoms in total. The predicted octanol–water partition coefficient (Wildman–Crippen LogP) is -0.713. The van der Waals surface area contributed by atoms with E-state index in [4.69, 9.17) is 85.3 Å². The number of rotatable bonds is 14. The Morgan fingerprint density at radius 2 is 0.794 bits per heavy atom. The van der Waals surface area contributed by atoms with Crippen LogP contribution in [-0.2, 0) is 119 Å². The fraction of sp³-hybridized carbons (Fsp3) is 0.816. The highest BCUT2D eigenvalue weighted by Gasteiger charge is 2.64. The average Bonchev–Trinajstić information content (AvgIpc) is 3.82. The molecule has 6 fully saturated rings. The summed E-state index contributed by atoms with van der Waals surface area (Å²) in [6.07, 6.45) is -20.1. The van der Waals surface area contributed by atoms with Crippen LogP contribution in [0.25, 0.3) is 0 Å². The van der Waals surface area contributed by atoms with Gasteiger partial charge in [-0.1, -0.05) is 0 Å². The maximum Gasteiger partial charge on any atom is 0.303 e. The van der Waals surface area contributed by atoms with Gasteiger partial charge in [-0.3, -0.25) is 43.0 Å². The van der Waals surface area contributed by atoms with Crippen LogP contribution in [0.2, 0.25) is 0 Å². The third kappa shape index (κ3) is 11.6. The molecule has 0 spiro atoms. The molecule has 6 saturated heterocycles. The van der Waals surface area contributed by atoms with Crippen molar-refractivity contribution in [2.24, 2.45) is 0 Å². The molecule has 6 rings (SSSR count). The number of fused-ring (bicyclic) bond motifs is 3. The van der Waals surface area contributed by atoms with Gasteiger partial charge in [0.1, 0.15) is 43.7 Å². The highest BCUT2D eigenvalue weighted by molar-refractivity contribution is 5.69. The molecule has 63 heavy (non-hydrogen) atoms. The van der Waals surface area contributed by atoms with Gasteiger partial charge in [-0.25, -0.2) is 0 Å². The van der Waals surface area contributed by atoms with E-state index < -0.39 is 172 Å². The van der Waals surface area contributed by atoms with Gasteiger partial charge in [0.05, 0.1) is 6.61 Å². The van der Waals surface area contributed by atoms with Crippen molar-refractivity contribution in [2.45, 2.75) is 180 Å². The first-order valence-electron chi connectivity index (χ1n) is 20.0.